The third-order valence-electron chi connectivity index (χ3n) is 3.08. The van der Waals surface area contributed by atoms with Crippen LogP contribution < -0.4 is 0 Å². The van der Waals surface area contributed by atoms with Crippen LogP contribution in [-0.2, 0) is 6.54 Å². The summed E-state index contributed by atoms with van der Waals surface area (Å²) in [6.45, 7) is 8.11. The molecular weight excluding hydrogens is 270 g/mol. The zero-order chi connectivity index (χ0) is 10.8. The van der Waals surface area contributed by atoms with Gasteiger partial charge in [-0.25, -0.2) is 0 Å². The van der Waals surface area contributed by atoms with Gasteiger partial charge >= 0.3 is 0 Å². The molecule has 0 amide bonds. The highest BCUT2D eigenvalue weighted by molar-refractivity contribution is 9.09. The standard InChI is InChI=1S/C12H18BrNS/c1-9-6-14(4-3-12(9)13)7-11-5-10(2)15-8-11/h5,8-9,12H,3-4,6-7H2,1-2H3. The summed E-state index contributed by atoms with van der Waals surface area (Å²) in [5.74, 6) is 0.776. The van der Waals surface area contributed by atoms with Gasteiger partial charge in [-0.2, -0.15) is 0 Å². The average molecular weight is 288 g/mol. The lowest BCUT2D eigenvalue weighted by atomic mass is 10.00. The Kier molecular flexibility index (Phi) is 3.86. The minimum absolute atomic E-state index is 0.720. The Morgan fingerprint density at radius 2 is 2.40 bits per heavy atom. The Hall–Kier alpha value is 0.140. The van der Waals surface area contributed by atoms with Crippen molar-refractivity contribution >= 4 is 27.3 Å². The van der Waals surface area contributed by atoms with Crippen molar-refractivity contribution in [2.24, 2.45) is 5.92 Å². The smallest absolute Gasteiger partial charge is 0.0242 e. The molecule has 1 fully saturated rings. The van der Waals surface area contributed by atoms with Crippen molar-refractivity contribution in [3.05, 3.63) is 21.9 Å². The maximum atomic E-state index is 3.75. The van der Waals surface area contributed by atoms with Crippen LogP contribution in [-0.4, -0.2) is 22.8 Å². The second-order valence-corrected chi connectivity index (χ2v) is 6.87. The zero-order valence-electron chi connectivity index (χ0n) is 9.37. The molecule has 84 valence electrons. The summed E-state index contributed by atoms with van der Waals surface area (Å²) in [5, 5.41) is 2.29. The van der Waals surface area contributed by atoms with Gasteiger partial charge < -0.3 is 0 Å². The van der Waals surface area contributed by atoms with Crippen LogP contribution in [0.1, 0.15) is 23.8 Å². The quantitative estimate of drug-likeness (QED) is 0.751. The molecule has 2 unspecified atom stereocenters. The Labute approximate surface area is 105 Å². The predicted octanol–water partition coefficient (Wildman–Crippen LogP) is 3.66. The molecule has 2 rings (SSSR count). The summed E-state index contributed by atoms with van der Waals surface area (Å²) >= 11 is 5.60. The minimum Gasteiger partial charge on any atom is -0.299 e. The Bertz CT molecular complexity index is 323. The highest BCUT2D eigenvalue weighted by Gasteiger charge is 2.23. The van der Waals surface area contributed by atoms with Crippen molar-refractivity contribution in [3.8, 4) is 0 Å². The van der Waals surface area contributed by atoms with Gasteiger partial charge in [0.05, 0.1) is 0 Å². The zero-order valence-corrected chi connectivity index (χ0v) is 11.8. The lowest BCUT2D eigenvalue weighted by molar-refractivity contribution is 0.184. The van der Waals surface area contributed by atoms with E-state index in [2.05, 4.69) is 46.1 Å². The van der Waals surface area contributed by atoms with Crippen molar-refractivity contribution in [1.29, 1.82) is 0 Å². The third kappa shape index (κ3) is 3.05. The number of piperidine rings is 1. The molecule has 0 spiro atoms. The Morgan fingerprint density at radius 3 is 3.00 bits per heavy atom. The van der Waals surface area contributed by atoms with Crippen LogP contribution in [0, 0.1) is 12.8 Å². The molecule has 1 aliphatic heterocycles. The van der Waals surface area contributed by atoms with Crippen LogP contribution in [0.5, 0.6) is 0 Å². The largest absolute Gasteiger partial charge is 0.299 e. The van der Waals surface area contributed by atoms with Gasteiger partial charge in [0, 0.05) is 22.8 Å². The summed E-state index contributed by atoms with van der Waals surface area (Å²) in [4.78, 5) is 4.72. The summed E-state index contributed by atoms with van der Waals surface area (Å²) in [6, 6.07) is 2.32. The Morgan fingerprint density at radius 1 is 1.60 bits per heavy atom. The summed E-state index contributed by atoms with van der Waals surface area (Å²) in [7, 11) is 0. The molecule has 3 heteroatoms. The van der Waals surface area contributed by atoms with Crippen LogP contribution in [0.3, 0.4) is 0 Å². The van der Waals surface area contributed by atoms with E-state index in [1.807, 2.05) is 11.3 Å². The number of hydrogen-bond donors (Lipinski definition) is 0. The number of likely N-dealkylation sites (tertiary alicyclic amines) is 1. The van der Waals surface area contributed by atoms with Crippen molar-refractivity contribution in [2.75, 3.05) is 13.1 Å². The lowest BCUT2D eigenvalue weighted by Crippen LogP contribution is -2.39. The van der Waals surface area contributed by atoms with E-state index in [-0.39, 0.29) is 0 Å². The van der Waals surface area contributed by atoms with Crippen molar-refractivity contribution in [2.45, 2.75) is 31.6 Å². The number of hydrogen-bond acceptors (Lipinski definition) is 2. The molecular formula is C12H18BrNS. The number of nitrogens with zero attached hydrogens (tertiary/aromatic N) is 1. The number of aryl methyl sites for hydroxylation is 1. The van der Waals surface area contributed by atoms with Gasteiger partial charge in [-0.1, -0.05) is 22.9 Å². The van der Waals surface area contributed by atoms with Gasteiger partial charge in [-0.05, 0) is 42.8 Å². The molecule has 1 aliphatic rings. The van der Waals surface area contributed by atoms with Crippen LogP contribution in [0.15, 0.2) is 11.4 Å². The maximum absolute atomic E-state index is 3.75. The van der Waals surface area contributed by atoms with Crippen LogP contribution in [0.4, 0.5) is 0 Å². The normalized spacial score (nSPS) is 28.2. The van der Waals surface area contributed by atoms with E-state index in [1.165, 1.54) is 30.0 Å². The van der Waals surface area contributed by atoms with E-state index in [0.717, 1.165) is 17.3 Å². The number of rotatable bonds is 2. The first-order valence-corrected chi connectivity index (χ1v) is 7.35. The van der Waals surface area contributed by atoms with E-state index in [4.69, 9.17) is 0 Å². The van der Waals surface area contributed by atoms with Gasteiger partial charge in [0.2, 0.25) is 0 Å². The fourth-order valence-electron chi connectivity index (χ4n) is 2.19. The fraction of sp³-hybridized carbons (Fsp3) is 0.667. The van der Waals surface area contributed by atoms with Gasteiger partial charge in [-0.3, -0.25) is 4.90 Å². The molecule has 0 saturated carbocycles. The average Bonchev–Trinajstić information content (AvgIpc) is 2.58. The van der Waals surface area contributed by atoms with E-state index in [9.17, 15) is 0 Å². The lowest BCUT2D eigenvalue weighted by Gasteiger charge is -2.34. The molecule has 15 heavy (non-hydrogen) atoms. The van der Waals surface area contributed by atoms with Crippen molar-refractivity contribution in [3.63, 3.8) is 0 Å². The highest BCUT2D eigenvalue weighted by atomic mass is 79.9. The first-order valence-electron chi connectivity index (χ1n) is 5.55. The summed E-state index contributed by atoms with van der Waals surface area (Å²) in [6.07, 6.45) is 1.28. The minimum atomic E-state index is 0.720. The van der Waals surface area contributed by atoms with Crippen LogP contribution >= 0.6 is 27.3 Å². The van der Waals surface area contributed by atoms with Gasteiger partial charge in [0.1, 0.15) is 0 Å². The second kappa shape index (κ2) is 4.98. The molecule has 1 aromatic rings. The van der Waals surface area contributed by atoms with Crippen LogP contribution in [0.2, 0.25) is 0 Å². The predicted molar refractivity (Wildman–Crippen MR) is 70.8 cm³/mol. The Balaban J connectivity index is 1.90. The van der Waals surface area contributed by atoms with Gasteiger partial charge in [0.25, 0.3) is 0 Å². The monoisotopic (exact) mass is 287 g/mol. The molecule has 0 radical (unpaired) electrons. The summed E-state index contributed by atoms with van der Waals surface area (Å²) < 4.78 is 0. The van der Waals surface area contributed by atoms with Gasteiger partial charge in [-0.15, -0.1) is 11.3 Å². The van der Waals surface area contributed by atoms with E-state index in [0.29, 0.717) is 0 Å². The molecule has 0 bridgehead atoms. The number of halogens is 1. The molecule has 2 atom stereocenters. The third-order valence-corrected chi connectivity index (χ3v) is 5.35. The molecule has 0 aliphatic carbocycles. The molecule has 0 aromatic carbocycles. The van der Waals surface area contributed by atoms with Crippen molar-refractivity contribution < 1.29 is 0 Å². The first kappa shape index (κ1) is 11.6. The van der Waals surface area contributed by atoms with E-state index in [1.54, 1.807) is 0 Å². The summed E-state index contributed by atoms with van der Waals surface area (Å²) in [5.41, 5.74) is 1.48. The highest BCUT2D eigenvalue weighted by Crippen LogP contribution is 2.25. The number of thiophene rings is 1. The molecule has 1 nitrogen and oxygen atoms in total. The second-order valence-electron chi connectivity index (χ2n) is 4.58. The first-order chi connectivity index (χ1) is 7.15. The van der Waals surface area contributed by atoms with Crippen molar-refractivity contribution in [1.82, 2.24) is 4.90 Å². The fourth-order valence-corrected chi connectivity index (χ4v) is 3.26. The van der Waals surface area contributed by atoms with E-state index < -0.39 is 0 Å². The van der Waals surface area contributed by atoms with E-state index >= 15 is 0 Å². The molecule has 0 N–H and O–H groups in total. The molecule has 1 saturated heterocycles. The molecule has 2 heterocycles. The maximum Gasteiger partial charge on any atom is 0.0242 e. The van der Waals surface area contributed by atoms with Crippen LogP contribution in [0.25, 0.3) is 0 Å². The SMILES string of the molecule is Cc1cc(CN2CCC(Br)C(C)C2)cs1. The molecule has 1 aromatic heterocycles. The van der Waals surface area contributed by atoms with Gasteiger partial charge in [0.15, 0.2) is 0 Å². The number of alkyl halides is 1. The topological polar surface area (TPSA) is 3.24 Å².